The highest BCUT2D eigenvalue weighted by atomic mass is 79.9. The first-order valence-corrected chi connectivity index (χ1v) is 19.9. The lowest BCUT2D eigenvalue weighted by Gasteiger charge is -2.17. The van der Waals surface area contributed by atoms with Gasteiger partial charge in [-0.3, -0.25) is 0 Å². The van der Waals surface area contributed by atoms with Gasteiger partial charge in [0.1, 0.15) is 0 Å². The fourth-order valence-electron chi connectivity index (χ4n) is 5.90. The molecule has 4 bridgehead atoms. The number of hydrogen-bond donors (Lipinski definition) is 0. The highest BCUT2D eigenvalue weighted by Crippen LogP contribution is 2.27. The monoisotopic (exact) mass is 920 g/mol. The second-order valence-corrected chi connectivity index (χ2v) is 16.0. The molecule has 0 radical (unpaired) electrons. The van der Waals surface area contributed by atoms with Crippen molar-refractivity contribution in [3.8, 4) is 47.4 Å². The highest BCUT2D eigenvalue weighted by molar-refractivity contribution is 9.11. The first-order valence-electron chi connectivity index (χ1n) is 16.8. The molecule has 0 spiro atoms. The van der Waals surface area contributed by atoms with Crippen molar-refractivity contribution in [3.05, 3.63) is 206 Å². The summed E-state index contributed by atoms with van der Waals surface area (Å²) in [5, 5.41) is 0. The number of benzene rings is 6. The number of rotatable bonds is 0. The highest BCUT2D eigenvalue weighted by Gasteiger charge is 2.15. The molecule has 0 aliphatic heterocycles. The van der Waals surface area contributed by atoms with Crippen molar-refractivity contribution in [1.29, 1.82) is 0 Å². The Morgan fingerprint density at radius 3 is 0.654 bits per heavy atom. The molecule has 10 rings (SSSR count). The van der Waals surface area contributed by atoms with Gasteiger partial charge in [-0.2, -0.15) is 0 Å². The van der Waals surface area contributed by atoms with Gasteiger partial charge in [0.25, 0.3) is 0 Å². The smallest absolute Gasteiger partial charge is 0.0284 e. The molecular formula is C48H28Br4. The van der Waals surface area contributed by atoms with Crippen LogP contribution in [0, 0.1) is 47.4 Å². The molecule has 0 heterocycles. The third-order valence-electron chi connectivity index (χ3n) is 8.73. The van der Waals surface area contributed by atoms with Gasteiger partial charge in [0.2, 0.25) is 0 Å². The lowest BCUT2D eigenvalue weighted by Crippen LogP contribution is -2.07. The van der Waals surface area contributed by atoms with Crippen molar-refractivity contribution in [1.82, 2.24) is 0 Å². The minimum Gasteiger partial charge on any atom is -0.0616 e. The molecule has 0 fully saturated rings. The van der Waals surface area contributed by atoms with Crippen LogP contribution in [0.3, 0.4) is 0 Å². The zero-order chi connectivity index (χ0) is 35.9. The quantitative estimate of drug-likeness (QED) is 0.133. The van der Waals surface area contributed by atoms with Crippen LogP contribution in [0.25, 0.3) is 0 Å². The van der Waals surface area contributed by atoms with Gasteiger partial charge in [0, 0.05) is 62.4 Å². The van der Waals surface area contributed by atoms with Gasteiger partial charge in [-0.05, 0) is 169 Å². The summed E-state index contributed by atoms with van der Waals surface area (Å²) in [5.74, 6) is 27.8. The van der Waals surface area contributed by atoms with Crippen molar-refractivity contribution in [2.45, 2.75) is 25.7 Å². The average molecular weight is 924 g/mol. The van der Waals surface area contributed by atoms with Crippen LogP contribution in [0.1, 0.15) is 66.8 Å². The van der Waals surface area contributed by atoms with E-state index in [1.165, 1.54) is 22.3 Å². The first kappa shape index (κ1) is 35.9. The SMILES string of the molecule is Brc1ccc(C#Cc2cc3c(C#Cc4ccc(Br)cc4)cc2CCc2cc(C#Cc4ccc(Br)cc4)c(cc2C#Cc2ccc(Br)cc2)CC3)cc1. The molecular weight excluding hydrogens is 896 g/mol. The van der Waals surface area contributed by atoms with E-state index in [4.69, 9.17) is 0 Å². The van der Waals surface area contributed by atoms with Crippen LogP contribution in [0.15, 0.2) is 139 Å². The standard InChI is InChI=1S/C48H28Br4/c49-45-21-5-33(6-22-45)1-13-37-29-42-19-20-44-32-39(15-3-35-9-25-47(51)26-10-35)43(31-40(44)16-4-36-11-27-48(52)28-12-36)18-17-41(37)30-38(42)14-2-34-7-23-46(50)24-8-34/h5-12,21-32H,17-20H2. The van der Waals surface area contributed by atoms with E-state index in [0.29, 0.717) is 0 Å². The Morgan fingerprint density at radius 1 is 0.269 bits per heavy atom. The summed E-state index contributed by atoms with van der Waals surface area (Å²) in [6.45, 7) is 0. The fraction of sp³-hybridized carbons (Fsp3) is 0.0833. The third-order valence-corrected chi connectivity index (χ3v) is 10.8. The van der Waals surface area contributed by atoms with Gasteiger partial charge in [0.15, 0.2) is 0 Å². The van der Waals surface area contributed by atoms with Gasteiger partial charge in [-0.25, -0.2) is 0 Å². The average Bonchev–Trinajstić information content (AvgIpc) is 3.15. The lowest BCUT2D eigenvalue weighted by molar-refractivity contribution is 0.910. The predicted molar refractivity (Wildman–Crippen MR) is 228 cm³/mol. The summed E-state index contributed by atoms with van der Waals surface area (Å²) >= 11 is 14.2. The van der Waals surface area contributed by atoms with E-state index in [9.17, 15) is 0 Å². The van der Waals surface area contributed by atoms with Crippen LogP contribution in [0.5, 0.6) is 0 Å². The van der Waals surface area contributed by atoms with Crippen LogP contribution in [0.2, 0.25) is 0 Å². The minimum absolute atomic E-state index is 0.781. The molecule has 4 heteroatoms. The van der Waals surface area contributed by atoms with Crippen molar-refractivity contribution >= 4 is 63.7 Å². The van der Waals surface area contributed by atoms with Crippen molar-refractivity contribution in [3.63, 3.8) is 0 Å². The molecule has 6 aromatic carbocycles. The van der Waals surface area contributed by atoms with Crippen molar-refractivity contribution in [2.24, 2.45) is 0 Å². The van der Waals surface area contributed by atoms with E-state index in [2.05, 4.69) is 135 Å². The Kier molecular flexibility index (Phi) is 11.6. The summed E-state index contributed by atoms with van der Waals surface area (Å²) in [5.41, 5.74) is 12.8. The van der Waals surface area contributed by atoms with E-state index in [1.807, 2.05) is 97.1 Å². The van der Waals surface area contributed by atoms with Gasteiger partial charge < -0.3 is 0 Å². The van der Waals surface area contributed by atoms with E-state index in [0.717, 1.165) is 88.1 Å². The molecule has 0 amide bonds. The van der Waals surface area contributed by atoms with Crippen molar-refractivity contribution in [2.75, 3.05) is 0 Å². The van der Waals surface area contributed by atoms with Gasteiger partial charge in [0.05, 0.1) is 0 Å². The zero-order valence-electron chi connectivity index (χ0n) is 27.9. The van der Waals surface area contributed by atoms with Gasteiger partial charge in [-0.15, -0.1) is 0 Å². The van der Waals surface area contributed by atoms with E-state index >= 15 is 0 Å². The molecule has 0 N–H and O–H groups in total. The Balaban J connectivity index is 1.34. The lowest BCUT2D eigenvalue weighted by atomic mass is 9.86. The van der Waals surface area contributed by atoms with E-state index in [1.54, 1.807) is 0 Å². The molecule has 0 atom stereocenters. The van der Waals surface area contributed by atoms with Gasteiger partial charge >= 0.3 is 0 Å². The molecule has 0 nitrogen and oxygen atoms in total. The predicted octanol–water partition coefficient (Wildman–Crippen LogP) is 12.2. The summed E-state index contributed by atoms with van der Waals surface area (Å²) in [6, 6.07) is 41.6. The van der Waals surface area contributed by atoms with Crippen molar-refractivity contribution < 1.29 is 0 Å². The Morgan fingerprint density at radius 2 is 0.462 bits per heavy atom. The van der Waals surface area contributed by atoms with E-state index in [-0.39, 0.29) is 0 Å². The third kappa shape index (κ3) is 9.47. The van der Waals surface area contributed by atoms with Gasteiger partial charge in [-0.1, -0.05) is 111 Å². The molecule has 4 aliphatic carbocycles. The topological polar surface area (TPSA) is 0 Å². The number of halogens is 4. The zero-order valence-corrected chi connectivity index (χ0v) is 34.2. The Bertz CT molecular complexity index is 2170. The molecule has 0 unspecified atom stereocenters. The molecule has 0 saturated heterocycles. The van der Waals surface area contributed by atoms with Crippen LogP contribution in [-0.4, -0.2) is 0 Å². The summed E-state index contributed by atoms with van der Waals surface area (Å²) in [4.78, 5) is 0. The summed E-state index contributed by atoms with van der Waals surface area (Å²) < 4.78 is 4.15. The Hall–Kier alpha value is -4.52. The fourth-order valence-corrected chi connectivity index (χ4v) is 6.96. The number of hydrogen-bond acceptors (Lipinski definition) is 0. The van der Waals surface area contributed by atoms with Crippen LogP contribution < -0.4 is 0 Å². The Labute approximate surface area is 340 Å². The normalized spacial score (nSPS) is 11.3. The second kappa shape index (κ2) is 16.9. The molecule has 4 aliphatic rings. The molecule has 52 heavy (non-hydrogen) atoms. The summed E-state index contributed by atoms with van der Waals surface area (Å²) in [6.07, 6.45) is 3.12. The summed E-state index contributed by atoms with van der Waals surface area (Å²) in [7, 11) is 0. The van der Waals surface area contributed by atoms with Crippen LogP contribution >= 0.6 is 63.7 Å². The largest absolute Gasteiger partial charge is 0.0616 e. The first-order chi connectivity index (χ1) is 25.3. The van der Waals surface area contributed by atoms with Crippen LogP contribution in [0.4, 0.5) is 0 Å². The maximum atomic E-state index is 3.54. The van der Waals surface area contributed by atoms with E-state index < -0.39 is 0 Å². The molecule has 6 aromatic rings. The maximum Gasteiger partial charge on any atom is 0.0284 e. The molecule has 248 valence electrons. The number of aryl methyl sites for hydroxylation is 4. The maximum absolute atomic E-state index is 3.54. The molecule has 0 aromatic heterocycles. The molecule has 0 saturated carbocycles. The minimum atomic E-state index is 0.781. The second-order valence-electron chi connectivity index (χ2n) is 12.4. The van der Waals surface area contributed by atoms with Crippen LogP contribution in [-0.2, 0) is 25.7 Å².